The van der Waals surface area contributed by atoms with E-state index >= 15 is 0 Å². The maximum absolute atomic E-state index is 13.9. The number of nitrogens with zero attached hydrogens (tertiary/aromatic N) is 2. The van der Waals surface area contributed by atoms with Crippen molar-refractivity contribution in [3.05, 3.63) is 72.3 Å². The number of amides is 1. The molecular formula is C25H19F3N4O4. The van der Waals surface area contributed by atoms with Gasteiger partial charge in [-0.2, -0.15) is 18.3 Å². The minimum atomic E-state index is -4.57. The first-order chi connectivity index (χ1) is 17.3. The molecule has 1 amide bonds. The van der Waals surface area contributed by atoms with Crippen molar-refractivity contribution >= 4 is 39.4 Å². The van der Waals surface area contributed by atoms with Gasteiger partial charge in [-0.15, -0.1) is 0 Å². The molecule has 4 heterocycles. The highest BCUT2D eigenvalue weighted by atomic mass is 19.4. The number of nitrogens with one attached hydrogen (secondary N) is 2. The van der Waals surface area contributed by atoms with Gasteiger partial charge in [-0.1, -0.05) is 18.2 Å². The van der Waals surface area contributed by atoms with Crippen molar-refractivity contribution in [1.29, 1.82) is 0 Å². The van der Waals surface area contributed by atoms with Gasteiger partial charge in [0.15, 0.2) is 11.7 Å². The molecular weight excluding hydrogens is 477 g/mol. The Bertz CT molecular complexity index is 1590. The van der Waals surface area contributed by atoms with Crippen LogP contribution in [0, 0.1) is 0 Å². The van der Waals surface area contributed by atoms with Crippen molar-refractivity contribution in [1.82, 2.24) is 9.78 Å². The number of alkyl halides is 3. The Morgan fingerprint density at radius 2 is 1.97 bits per heavy atom. The summed E-state index contributed by atoms with van der Waals surface area (Å²) in [4.78, 5) is 13.1. The molecule has 184 valence electrons. The number of carbonyl (C=O) groups is 1. The van der Waals surface area contributed by atoms with Gasteiger partial charge in [-0.3, -0.25) is 4.79 Å². The number of furan rings is 2. The molecule has 6 rings (SSSR count). The van der Waals surface area contributed by atoms with Gasteiger partial charge in [0.2, 0.25) is 0 Å². The highest BCUT2D eigenvalue weighted by Crippen LogP contribution is 2.44. The van der Waals surface area contributed by atoms with Crippen LogP contribution in [0.15, 0.2) is 69.7 Å². The Kier molecular flexibility index (Phi) is 4.95. The number of rotatable bonds is 4. The fourth-order valence-electron chi connectivity index (χ4n) is 4.56. The summed E-state index contributed by atoms with van der Waals surface area (Å²) in [6.45, 7) is 0. The van der Waals surface area contributed by atoms with Crippen LogP contribution in [-0.4, -0.2) is 29.0 Å². The molecule has 0 spiro atoms. The molecule has 8 nitrogen and oxygen atoms in total. The van der Waals surface area contributed by atoms with Crippen LogP contribution in [-0.2, 0) is 0 Å². The average Bonchev–Trinajstić information content (AvgIpc) is 3.60. The van der Waals surface area contributed by atoms with Crippen LogP contribution in [0.5, 0.6) is 5.75 Å². The van der Waals surface area contributed by atoms with Gasteiger partial charge in [0, 0.05) is 29.3 Å². The number of aromatic nitrogens is 2. The van der Waals surface area contributed by atoms with E-state index in [1.54, 1.807) is 24.3 Å². The molecule has 3 aromatic heterocycles. The number of halogens is 3. The number of para-hydroxylation sites is 1. The average molecular weight is 496 g/mol. The van der Waals surface area contributed by atoms with E-state index in [1.807, 2.05) is 24.3 Å². The summed E-state index contributed by atoms with van der Waals surface area (Å²) in [5, 5.41) is 11.4. The highest BCUT2D eigenvalue weighted by Gasteiger charge is 2.47. The molecule has 0 bridgehead atoms. The van der Waals surface area contributed by atoms with Gasteiger partial charge in [0.25, 0.3) is 5.91 Å². The van der Waals surface area contributed by atoms with Gasteiger partial charge in [-0.25, -0.2) is 4.68 Å². The lowest BCUT2D eigenvalue weighted by Gasteiger charge is -2.32. The number of carbonyl (C=O) groups excluding carboxylic acids is 1. The van der Waals surface area contributed by atoms with Crippen molar-refractivity contribution in [2.24, 2.45) is 0 Å². The normalized spacial score (nSPS) is 17.7. The summed E-state index contributed by atoms with van der Waals surface area (Å²) in [5.74, 6) is 0.111. The third kappa shape index (κ3) is 3.63. The minimum Gasteiger partial charge on any atom is -0.495 e. The summed E-state index contributed by atoms with van der Waals surface area (Å²) >= 11 is 0. The molecule has 0 saturated heterocycles. The number of ether oxygens (including phenoxy) is 1. The van der Waals surface area contributed by atoms with Crippen LogP contribution in [0.4, 0.5) is 24.7 Å². The van der Waals surface area contributed by atoms with Gasteiger partial charge in [0.05, 0.1) is 25.1 Å². The molecule has 36 heavy (non-hydrogen) atoms. The maximum atomic E-state index is 13.9. The Morgan fingerprint density at radius 3 is 2.72 bits per heavy atom. The molecule has 0 fully saturated rings. The van der Waals surface area contributed by atoms with E-state index in [4.69, 9.17) is 13.6 Å². The van der Waals surface area contributed by atoms with E-state index < -0.39 is 24.2 Å². The van der Waals surface area contributed by atoms with Crippen molar-refractivity contribution in [2.75, 3.05) is 17.7 Å². The maximum Gasteiger partial charge on any atom is 0.410 e. The topological polar surface area (TPSA) is 94.5 Å². The fraction of sp³-hybridized carbons (Fsp3) is 0.200. The first-order valence-electron chi connectivity index (χ1n) is 11.1. The van der Waals surface area contributed by atoms with Crippen LogP contribution in [0.3, 0.4) is 0 Å². The van der Waals surface area contributed by atoms with E-state index in [0.29, 0.717) is 28.4 Å². The monoisotopic (exact) mass is 496 g/mol. The van der Waals surface area contributed by atoms with Crippen molar-refractivity contribution in [3.8, 4) is 5.75 Å². The van der Waals surface area contributed by atoms with E-state index in [9.17, 15) is 18.0 Å². The van der Waals surface area contributed by atoms with Gasteiger partial charge < -0.3 is 24.2 Å². The smallest absolute Gasteiger partial charge is 0.410 e. The molecule has 2 unspecified atom stereocenters. The van der Waals surface area contributed by atoms with E-state index in [-0.39, 0.29) is 17.9 Å². The van der Waals surface area contributed by atoms with Gasteiger partial charge >= 0.3 is 6.18 Å². The molecule has 2 atom stereocenters. The molecule has 1 aliphatic rings. The standard InChI is InChI=1S/C25H19F3N4O4/c1-34-21-9-14-13-5-2-3-6-18(13)36-20(14)10-15(21)30-24(33)17-12-23-29-16(19-7-4-8-35-19)11-22(25(26,27)28)32(23)31-17/h2-10,12,16,22,29H,11H2,1H3,(H,30,33). The molecule has 11 heteroatoms. The second-order valence-corrected chi connectivity index (χ2v) is 8.47. The quantitative estimate of drug-likeness (QED) is 0.303. The number of methoxy groups -OCH3 is 1. The first kappa shape index (κ1) is 22.1. The summed E-state index contributed by atoms with van der Waals surface area (Å²) < 4.78 is 59.1. The zero-order valence-electron chi connectivity index (χ0n) is 18.8. The van der Waals surface area contributed by atoms with Gasteiger partial charge in [0.1, 0.15) is 28.5 Å². The van der Waals surface area contributed by atoms with Crippen molar-refractivity contribution < 1.29 is 31.5 Å². The predicted octanol–water partition coefficient (Wildman–Crippen LogP) is 6.30. The second-order valence-electron chi connectivity index (χ2n) is 8.47. The Morgan fingerprint density at radius 1 is 1.14 bits per heavy atom. The fourth-order valence-corrected chi connectivity index (χ4v) is 4.56. The summed E-state index contributed by atoms with van der Waals surface area (Å²) in [6.07, 6.45) is -3.50. The molecule has 2 N–H and O–H groups in total. The molecule has 0 radical (unpaired) electrons. The van der Waals surface area contributed by atoms with E-state index in [0.717, 1.165) is 15.5 Å². The lowest BCUT2D eigenvalue weighted by Crippen LogP contribution is -2.35. The van der Waals surface area contributed by atoms with Gasteiger partial charge in [-0.05, 0) is 24.3 Å². The number of hydrogen-bond donors (Lipinski definition) is 2. The lowest BCUT2D eigenvalue weighted by molar-refractivity contribution is -0.174. The summed E-state index contributed by atoms with van der Waals surface area (Å²) in [5.41, 5.74) is 1.32. The Labute approximate surface area is 201 Å². The number of hydrogen-bond acceptors (Lipinski definition) is 6. The van der Waals surface area contributed by atoms with E-state index in [1.165, 1.54) is 19.4 Å². The minimum absolute atomic E-state index is 0.0647. The van der Waals surface area contributed by atoms with Crippen molar-refractivity contribution in [2.45, 2.75) is 24.7 Å². The lowest BCUT2D eigenvalue weighted by atomic mass is 10.0. The summed E-state index contributed by atoms with van der Waals surface area (Å²) in [7, 11) is 1.46. The molecule has 2 aromatic carbocycles. The third-order valence-electron chi connectivity index (χ3n) is 6.26. The van der Waals surface area contributed by atoms with Crippen LogP contribution >= 0.6 is 0 Å². The molecule has 1 aliphatic heterocycles. The Balaban J connectivity index is 1.34. The summed E-state index contributed by atoms with van der Waals surface area (Å²) in [6, 6.07) is 12.7. The Hall–Kier alpha value is -4.41. The predicted molar refractivity (Wildman–Crippen MR) is 125 cm³/mol. The van der Waals surface area contributed by atoms with E-state index in [2.05, 4.69) is 15.7 Å². The third-order valence-corrected chi connectivity index (χ3v) is 6.26. The molecule has 0 aliphatic carbocycles. The number of benzene rings is 2. The highest BCUT2D eigenvalue weighted by molar-refractivity contribution is 6.09. The number of anilines is 2. The second kappa shape index (κ2) is 8.08. The largest absolute Gasteiger partial charge is 0.495 e. The first-order valence-corrected chi connectivity index (χ1v) is 11.1. The van der Waals surface area contributed by atoms with Crippen LogP contribution in [0.2, 0.25) is 0 Å². The SMILES string of the molecule is COc1cc2c(cc1NC(=O)c1cc3n(n1)C(C(F)(F)F)CC(c1ccco1)N3)oc1ccccc12. The van der Waals surface area contributed by atoms with Crippen molar-refractivity contribution in [3.63, 3.8) is 0 Å². The van der Waals surface area contributed by atoms with Crippen LogP contribution in [0.25, 0.3) is 21.9 Å². The zero-order valence-corrected chi connectivity index (χ0v) is 18.8. The van der Waals surface area contributed by atoms with Crippen LogP contribution in [0.1, 0.15) is 34.8 Å². The molecule has 0 saturated carbocycles. The zero-order chi connectivity index (χ0) is 25.0. The van der Waals surface area contributed by atoms with Crippen LogP contribution < -0.4 is 15.4 Å². The molecule has 5 aromatic rings. The number of fused-ring (bicyclic) bond motifs is 4.